The summed E-state index contributed by atoms with van der Waals surface area (Å²) in [6, 6.07) is 5.59. The van der Waals surface area contributed by atoms with Crippen LogP contribution in [0.5, 0.6) is 0 Å². The topological polar surface area (TPSA) is 30.0 Å². The molecule has 0 spiro atoms. The second kappa shape index (κ2) is 3.20. The summed E-state index contributed by atoms with van der Waals surface area (Å²) in [4.78, 5) is 15.5. The van der Waals surface area contributed by atoms with Gasteiger partial charge in [-0.3, -0.25) is 4.79 Å². The number of hydrogen-bond donors (Lipinski definition) is 0. The highest BCUT2D eigenvalue weighted by Crippen LogP contribution is 2.28. The van der Waals surface area contributed by atoms with Crippen molar-refractivity contribution in [1.29, 1.82) is 0 Å². The molecule has 1 heterocycles. The average molecular weight is 256 g/mol. The Morgan fingerprint density at radius 3 is 3.00 bits per heavy atom. The van der Waals surface area contributed by atoms with E-state index in [0.29, 0.717) is 0 Å². The number of hydrogen-bond acceptors (Lipinski definition) is 3. The summed E-state index contributed by atoms with van der Waals surface area (Å²) in [5, 5.41) is 0. The van der Waals surface area contributed by atoms with Crippen LogP contribution >= 0.6 is 27.3 Å². The van der Waals surface area contributed by atoms with Gasteiger partial charge in [0.25, 0.3) is 0 Å². The average Bonchev–Trinajstić information content (AvgIpc) is 2.43. The lowest BCUT2D eigenvalue weighted by atomic mass is 10.1. The Labute approximate surface area is 87.7 Å². The predicted octanol–water partition coefficient (Wildman–Crippen LogP) is 3.26. The van der Waals surface area contributed by atoms with Crippen molar-refractivity contribution in [3.05, 3.63) is 27.7 Å². The van der Waals surface area contributed by atoms with Crippen molar-refractivity contribution in [2.24, 2.45) is 0 Å². The Morgan fingerprint density at radius 1 is 1.54 bits per heavy atom. The van der Waals surface area contributed by atoms with Gasteiger partial charge in [0.15, 0.2) is 9.70 Å². The number of aromatic nitrogens is 1. The van der Waals surface area contributed by atoms with Crippen LogP contribution in [-0.4, -0.2) is 10.8 Å². The van der Waals surface area contributed by atoms with Crippen LogP contribution in [-0.2, 0) is 0 Å². The van der Waals surface area contributed by atoms with Gasteiger partial charge in [-0.15, -0.1) is 11.3 Å². The quantitative estimate of drug-likeness (QED) is 0.733. The Hall–Kier alpha value is -0.740. The van der Waals surface area contributed by atoms with Crippen molar-refractivity contribution >= 4 is 43.3 Å². The lowest BCUT2D eigenvalue weighted by molar-refractivity contribution is 0.101. The molecule has 0 N–H and O–H groups in total. The third-order valence-corrected chi connectivity index (χ3v) is 3.32. The molecule has 2 aromatic rings. The van der Waals surface area contributed by atoms with Crippen LogP contribution in [0.25, 0.3) is 10.2 Å². The molecule has 0 atom stereocenters. The Bertz CT molecular complexity index is 477. The number of nitrogens with zero attached hydrogens (tertiary/aromatic N) is 1. The smallest absolute Gasteiger partial charge is 0.161 e. The molecule has 0 saturated heterocycles. The maximum Gasteiger partial charge on any atom is 0.161 e. The first-order valence-corrected chi connectivity index (χ1v) is 5.35. The Morgan fingerprint density at radius 2 is 2.31 bits per heavy atom. The van der Waals surface area contributed by atoms with Gasteiger partial charge in [0.05, 0.1) is 10.2 Å². The zero-order valence-corrected chi connectivity index (χ0v) is 9.28. The number of fused-ring (bicyclic) bond motifs is 1. The van der Waals surface area contributed by atoms with Crippen LogP contribution in [0.15, 0.2) is 22.1 Å². The molecule has 0 aliphatic rings. The van der Waals surface area contributed by atoms with E-state index in [2.05, 4.69) is 20.9 Å². The number of carbonyl (C=O) groups excluding carboxylic acids is 1. The minimum absolute atomic E-state index is 0.0850. The first-order valence-electron chi connectivity index (χ1n) is 3.74. The lowest BCUT2D eigenvalue weighted by Crippen LogP contribution is -1.90. The van der Waals surface area contributed by atoms with E-state index in [0.717, 1.165) is 19.7 Å². The van der Waals surface area contributed by atoms with Gasteiger partial charge in [-0.2, -0.15) is 0 Å². The summed E-state index contributed by atoms with van der Waals surface area (Å²) in [6.45, 7) is 1.57. The SMILES string of the molecule is CC(=O)c1cccc2nc(Br)sc12. The highest BCUT2D eigenvalue weighted by atomic mass is 79.9. The first kappa shape index (κ1) is 8.84. The van der Waals surface area contributed by atoms with Gasteiger partial charge in [0, 0.05) is 5.56 Å². The minimum Gasteiger partial charge on any atom is -0.294 e. The van der Waals surface area contributed by atoms with Crippen LogP contribution in [0.2, 0.25) is 0 Å². The maximum absolute atomic E-state index is 11.2. The molecular weight excluding hydrogens is 250 g/mol. The maximum atomic E-state index is 11.2. The van der Waals surface area contributed by atoms with E-state index in [1.54, 1.807) is 6.92 Å². The minimum atomic E-state index is 0.0850. The first-order chi connectivity index (χ1) is 6.18. The molecule has 1 aromatic heterocycles. The van der Waals surface area contributed by atoms with E-state index in [1.807, 2.05) is 18.2 Å². The van der Waals surface area contributed by atoms with E-state index in [1.165, 1.54) is 11.3 Å². The zero-order valence-electron chi connectivity index (χ0n) is 6.87. The predicted molar refractivity (Wildman–Crippen MR) is 57.3 cm³/mol. The summed E-state index contributed by atoms with van der Waals surface area (Å²) < 4.78 is 1.78. The Kier molecular flexibility index (Phi) is 2.17. The lowest BCUT2D eigenvalue weighted by Gasteiger charge is -1.94. The van der Waals surface area contributed by atoms with E-state index >= 15 is 0 Å². The summed E-state index contributed by atoms with van der Waals surface area (Å²) >= 11 is 4.80. The number of ketones is 1. The van der Waals surface area contributed by atoms with Crippen molar-refractivity contribution in [3.8, 4) is 0 Å². The van der Waals surface area contributed by atoms with Crippen molar-refractivity contribution in [2.45, 2.75) is 6.92 Å². The van der Waals surface area contributed by atoms with E-state index in [4.69, 9.17) is 0 Å². The largest absolute Gasteiger partial charge is 0.294 e. The van der Waals surface area contributed by atoms with Gasteiger partial charge in [-0.25, -0.2) is 4.98 Å². The fraction of sp³-hybridized carbons (Fsp3) is 0.111. The summed E-state index contributed by atoms with van der Waals surface area (Å²) in [5.41, 5.74) is 1.63. The molecule has 66 valence electrons. The van der Waals surface area contributed by atoms with Gasteiger partial charge < -0.3 is 0 Å². The van der Waals surface area contributed by atoms with Crippen LogP contribution in [0.1, 0.15) is 17.3 Å². The van der Waals surface area contributed by atoms with Gasteiger partial charge in [-0.05, 0) is 35.0 Å². The van der Waals surface area contributed by atoms with Crippen LogP contribution < -0.4 is 0 Å². The fourth-order valence-electron chi connectivity index (χ4n) is 1.20. The zero-order chi connectivity index (χ0) is 9.42. The number of carbonyl (C=O) groups is 1. The molecule has 0 saturated carbocycles. The number of Topliss-reactive ketones (excluding diaryl/α,β-unsaturated/α-hetero) is 1. The van der Waals surface area contributed by atoms with Crippen molar-refractivity contribution in [2.75, 3.05) is 0 Å². The highest BCUT2D eigenvalue weighted by Gasteiger charge is 2.08. The molecular formula is C9H6BrNOS. The fourth-order valence-corrected chi connectivity index (χ4v) is 2.73. The molecule has 2 nitrogen and oxygen atoms in total. The third kappa shape index (κ3) is 1.51. The van der Waals surface area contributed by atoms with Gasteiger partial charge in [-0.1, -0.05) is 6.07 Å². The van der Waals surface area contributed by atoms with Crippen LogP contribution in [0.4, 0.5) is 0 Å². The monoisotopic (exact) mass is 255 g/mol. The number of benzene rings is 1. The van der Waals surface area contributed by atoms with Crippen molar-refractivity contribution in [1.82, 2.24) is 4.98 Å². The standard InChI is InChI=1S/C9H6BrNOS/c1-5(12)6-3-2-4-7-8(6)13-9(10)11-7/h2-4H,1H3. The normalized spacial score (nSPS) is 10.6. The molecule has 0 aliphatic carbocycles. The molecule has 0 bridgehead atoms. The van der Waals surface area contributed by atoms with E-state index < -0.39 is 0 Å². The van der Waals surface area contributed by atoms with Crippen LogP contribution in [0.3, 0.4) is 0 Å². The van der Waals surface area contributed by atoms with Crippen LogP contribution in [0, 0.1) is 0 Å². The third-order valence-electron chi connectivity index (χ3n) is 1.77. The summed E-state index contributed by atoms with van der Waals surface area (Å²) in [5.74, 6) is 0.0850. The second-order valence-corrected chi connectivity index (χ2v) is 4.95. The Balaban J connectivity index is 2.82. The molecule has 0 fully saturated rings. The van der Waals surface area contributed by atoms with Crippen molar-refractivity contribution in [3.63, 3.8) is 0 Å². The number of halogens is 1. The molecule has 1 aromatic carbocycles. The molecule has 13 heavy (non-hydrogen) atoms. The summed E-state index contributed by atoms with van der Waals surface area (Å²) in [7, 11) is 0. The number of thiazole rings is 1. The number of rotatable bonds is 1. The van der Waals surface area contributed by atoms with Gasteiger partial charge in [0.1, 0.15) is 0 Å². The van der Waals surface area contributed by atoms with Gasteiger partial charge in [0.2, 0.25) is 0 Å². The highest BCUT2D eigenvalue weighted by molar-refractivity contribution is 9.11. The summed E-state index contributed by atoms with van der Waals surface area (Å²) in [6.07, 6.45) is 0. The van der Waals surface area contributed by atoms with E-state index in [9.17, 15) is 4.79 Å². The molecule has 2 rings (SSSR count). The van der Waals surface area contributed by atoms with Gasteiger partial charge >= 0.3 is 0 Å². The second-order valence-electron chi connectivity index (χ2n) is 2.68. The molecule has 0 amide bonds. The molecule has 0 aliphatic heterocycles. The molecule has 0 radical (unpaired) electrons. The van der Waals surface area contributed by atoms with E-state index in [-0.39, 0.29) is 5.78 Å². The van der Waals surface area contributed by atoms with Crippen molar-refractivity contribution < 1.29 is 4.79 Å². The molecule has 0 unspecified atom stereocenters. The molecule has 4 heteroatoms.